The Hall–Kier alpha value is -2.30. The molecule has 1 aromatic carbocycles. The quantitative estimate of drug-likeness (QED) is 0.781. The summed E-state index contributed by atoms with van der Waals surface area (Å²) in [4.78, 5) is 13.3. The molecule has 4 nitrogen and oxygen atoms in total. The fourth-order valence-electron chi connectivity index (χ4n) is 2.87. The van der Waals surface area contributed by atoms with Gasteiger partial charge < -0.3 is 5.32 Å². The van der Waals surface area contributed by atoms with E-state index in [-0.39, 0.29) is 5.11 Å². The second-order valence-corrected chi connectivity index (χ2v) is 7.60. The van der Waals surface area contributed by atoms with Crippen LogP contribution >= 0.6 is 23.6 Å². The maximum atomic E-state index is 12.9. The molecule has 1 aliphatic carbocycles. The summed E-state index contributed by atoms with van der Waals surface area (Å²) in [6, 6.07) is 7.46. The van der Waals surface area contributed by atoms with E-state index in [2.05, 4.69) is 23.6 Å². The number of nitrogens with zero attached hydrogens (tertiary/aromatic N) is 1. The number of hydrogen-bond acceptors (Lipinski definition) is 4. The molecule has 0 spiro atoms. The lowest BCUT2D eigenvalue weighted by Crippen LogP contribution is -2.34. The highest BCUT2D eigenvalue weighted by atomic mass is 32.1. The zero-order valence-corrected chi connectivity index (χ0v) is 15.2. The minimum atomic E-state index is -0.425. The van der Waals surface area contributed by atoms with Gasteiger partial charge in [-0.2, -0.15) is 5.26 Å². The molecule has 0 fully saturated rings. The molecule has 1 amide bonds. The predicted octanol–water partition coefficient (Wildman–Crippen LogP) is 4.01. The number of rotatable bonds is 2. The first-order valence-corrected chi connectivity index (χ1v) is 9.13. The van der Waals surface area contributed by atoms with E-state index < -0.39 is 11.7 Å². The van der Waals surface area contributed by atoms with E-state index in [9.17, 15) is 14.4 Å². The van der Waals surface area contributed by atoms with Gasteiger partial charge in [0, 0.05) is 10.4 Å². The number of fused-ring (bicyclic) bond motifs is 1. The van der Waals surface area contributed by atoms with Crippen LogP contribution in [0.3, 0.4) is 0 Å². The average molecular weight is 373 g/mol. The SMILES string of the molecule is CC1CCc2c(sc(NC(=S)NC(=O)c3ccc(F)cc3)c2C#N)C1. The van der Waals surface area contributed by atoms with Crippen molar-refractivity contribution < 1.29 is 9.18 Å². The van der Waals surface area contributed by atoms with E-state index in [1.807, 2.05) is 0 Å². The summed E-state index contributed by atoms with van der Waals surface area (Å²) in [6.07, 6.45) is 2.93. The maximum absolute atomic E-state index is 12.9. The fraction of sp³-hybridized carbons (Fsp3) is 0.278. The Morgan fingerprint density at radius 3 is 2.80 bits per heavy atom. The predicted molar refractivity (Wildman–Crippen MR) is 100 cm³/mol. The van der Waals surface area contributed by atoms with Crippen molar-refractivity contribution in [2.24, 2.45) is 5.92 Å². The van der Waals surface area contributed by atoms with Crippen molar-refractivity contribution >= 4 is 39.6 Å². The van der Waals surface area contributed by atoms with Gasteiger partial charge in [0.05, 0.1) is 5.56 Å². The summed E-state index contributed by atoms with van der Waals surface area (Å²) in [5, 5.41) is 15.8. The zero-order valence-electron chi connectivity index (χ0n) is 13.6. The molecule has 0 aliphatic heterocycles. The number of nitrogens with one attached hydrogen (secondary N) is 2. The third kappa shape index (κ3) is 3.86. The minimum absolute atomic E-state index is 0.123. The fourth-order valence-corrected chi connectivity index (χ4v) is 4.49. The van der Waals surface area contributed by atoms with Gasteiger partial charge in [-0.3, -0.25) is 10.1 Å². The van der Waals surface area contributed by atoms with Crippen LogP contribution in [0.5, 0.6) is 0 Å². The normalized spacial score (nSPS) is 15.8. The van der Waals surface area contributed by atoms with Gasteiger partial charge in [-0.1, -0.05) is 6.92 Å². The molecule has 7 heteroatoms. The Bertz CT molecular complexity index is 868. The number of anilines is 1. The Morgan fingerprint density at radius 2 is 2.12 bits per heavy atom. The minimum Gasteiger partial charge on any atom is -0.323 e. The molecule has 1 heterocycles. The summed E-state index contributed by atoms with van der Waals surface area (Å²) < 4.78 is 12.9. The van der Waals surface area contributed by atoms with Crippen LogP contribution in [0.25, 0.3) is 0 Å². The van der Waals surface area contributed by atoms with E-state index in [1.54, 1.807) is 0 Å². The van der Waals surface area contributed by atoms with Crippen molar-refractivity contribution in [1.29, 1.82) is 5.26 Å². The van der Waals surface area contributed by atoms with Crippen LogP contribution in [0.15, 0.2) is 24.3 Å². The molecule has 25 heavy (non-hydrogen) atoms. The van der Waals surface area contributed by atoms with Crippen molar-refractivity contribution in [3.05, 3.63) is 51.7 Å². The van der Waals surface area contributed by atoms with Gasteiger partial charge in [0.25, 0.3) is 5.91 Å². The molecule has 3 rings (SSSR count). The number of thiophene rings is 1. The highest BCUT2D eigenvalue weighted by Crippen LogP contribution is 2.39. The Kier molecular flexibility index (Phi) is 5.11. The van der Waals surface area contributed by atoms with Gasteiger partial charge in [-0.15, -0.1) is 11.3 Å². The molecule has 1 atom stereocenters. The smallest absolute Gasteiger partial charge is 0.257 e. The van der Waals surface area contributed by atoms with Gasteiger partial charge >= 0.3 is 0 Å². The Labute approximate surface area is 154 Å². The van der Waals surface area contributed by atoms with Crippen LogP contribution in [0, 0.1) is 23.1 Å². The lowest BCUT2D eigenvalue weighted by atomic mass is 9.89. The van der Waals surface area contributed by atoms with Crippen LogP contribution in [0.1, 0.15) is 39.7 Å². The molecular weight excluding hydrogens is 357 g/mol. The van der Waals surface area contributed by atoms with Crippen LogP contribution in [-0.2, 0) is 12.8 Å². The molecule has 128 valence electrons. The van der Waals surface area contributed by atoms with E-state index in [4.69, 9.17) is 12.2 Å². The highest BCUT2D eigenvalue weighted by molar-refractivity contribution is 7.80. The second-order valence-electron chi connectivity index (χ2n) is 6.08. The molecule has 0 bridgehead atoms. The van der Waals surface area contributed by atoms with Crippen LogP contribution in [0.2, 0.25) is 0 Å². The summed E-state index contributed by atoms with van der Waals surface area (Å²) in [7, 11) is 0. The number of amides is 1. The maximum Gasteiger partial charge on any atom is 0.257 e. The van der Waals surface area contributed by atoms with Crippen molar-refractivity contribution in [1.82, 2.24) is 5.32 Å². The Morgan fingerprint density at radius 1 is 1.40 bits per heavy atom. The van der Waals surface area contributed by atoms with Crippen molar-refractivity contribution in [3.8, 4) is 6.07 Å². The number of hydrogen-bond donors (Lipinski definition) is 2. The summed E-state index contributed by atoms with van der Waals surface area (Å²) in [5.74, 6) is -0.226. The molecule has 0 saturated heterocycles. The van der Waals surface area contributed by atoms with Crippen LogP contribution in [-0.4, -0.2) is 11.0 Å². The summed E-state index contributed by atoms with van der Waals surface area (Å²) in [6.45, 7) is 2.20. The van der Waals surface area contributed by atoms with Gasteiger partial charge in [0.2, 0.25) is 0 Å². The Balaban J connectivity index is 1.72. The zero-order chi connectivity index (χ0) is 18.0. The average Bonchev–Trinajstić information content (AvgIpc) is 2.90. The molecule has 2 aromatic rings. The van der Waals surface area contributed by atoms with Gasteiger partial charge in [-0.25, -0.2) is 4.39 Å². The van der Waals surface area contributed by atoms with E-state index in [0.717, 1.165) is 24.8 Å². The number of nitriles is 1. The highest BCUT2D eigenvalue weighted by Gasteiger charge is 2.24. The number of carbonyl (C=O) groups excluding carboxylic acids is 1. The third-order valence-corrected chi connectivity index (χ3v) is 5.56. The first kappa shape index (κ1) is 17.5. The lowest BCUT2D eigenvalue weighted by molar-refractivity contribution is 0.0977. The first-order chi connectivity index (χ1) is 12.0. The number of halogens is 1. The lowest BCUT2D eigenvalue weighted by Gasteiger charge is -2.17. The first-order valence-electron chi connectivity index (χ1n) is 7.90. The standard InChI is InChI=1S/C18H16FN3OS2/c1-10-2-7-13-14(9-20)17(25-15(13)8-10)22-18(24)21-16(23)11-3-5-12(19)6-4-11/h3-6,10H,2,7-8H2,1H3,(H2,21,22,23,24). The van der Waals surface area contributed by atoms with Crippen LogP contribution in [0.4, 0.5) is 9.39 Å². The van der Waals surface area contributed by atoms with Gasteiger partial charge in [-0.05, 0) is 67.2 Å². The number of benzene rings is 1. The van der Waals surface area contributed by atoms with E-state index >= 15 is 0 Å². The summed E-state index contributed by atoms with van der Waals surface area (Å²) >= 11 is 6.71. The molecular formula is C18H16FN3OS2. The molecule has 1 aliphatic rings. The largest absolute Gasteiger partial charge is 0.323 e. The molecule has 1 unspecified atom stereocenters. The van der Waals surface area contributed by atoms with Gasteiger partial charge in [0.1, 0.15) is 16.9 Å². The second kappa shape index (κ2) is 7.30. The monoisotopic (exact) mass is 373 g/mol. The number of carbonyl (C=O) groups is 1. The van der Waals surface area contributed by atoms with Gasteiger partial charge in [0.15, 0.2) is 5.11 Å². The molecule has 0 radical (unpaired) electrons. The van der Waals surface area contributed by atoms with E-state index in [1.165, 1.54) is 40.5 Å². The van der Waals surface area contributed by atoms with E-state index in [0.29, 0.717) is 22.0 Å². The van der Waals surface area contributed by atoms with Crippen molar-refractivity contribution in [2.45, 2.75) is 26.2 Å². The molecule has 1 aromatic heterocycles. The molecule has 2 N–H and O–H groups in total. The van der Waals surface area contributed by atoms with Crippen molar-refractivity contribution in [3.63, 3.8) is 0 Å². The summed E-state index contributed by atoms with van der Waals surface area (Å²) in [5.41, 5.74) is 2.02. The molecule has 0 saturated carbocycles. The third-order valence-electron chi connectivity index (χ3n) is 4.18. The van der Waals surface area contributed by atoms with Crippen molar-refractivity contribution in [2.75, 3.05) is 5.32 Å². The number of thiocarbonyl (C=S) groups is 1. The topological polar surface area (TPSA) is 64.9 Å². The van der Waals surface area contributed by atoms with Crippen LogP contribution < -0.4 is 10.6 Å².